The van der Waals surface area contributed by atoms with E-state index in [4.69, 9.17) is 8.83 Å². The van der Waals surface area contributed by atoms with Crippen LogP contribution in [0.1, 0.15) is 0 Å². The molecular formula is C70H41BN2O2. The van der Waals surface area contributed by atoms with Crippen LogP contribution in [0.2, 0.25) is 0 Å². The minimum Gasteiger partial charge on any atom is -0.456 e. The molecule has 0 radical (unpaired) electrons. The van der Waals surface area contributed by atoms with Crippen LogP contribution in [-0.2, 0) is 0 Å². The average Bonchev–Trinajstić information content (AvgIpc) is 4.05. The molecule has 13 aromatic carbocycles. The van der Waals surface area contributed by atoms with Crippen LogP contribution in [0.15, 0.2) is 258 Å². The number of para-hydroxylation sites is 2. The van der Waals surface area contributed by atoms with Gasteiger partial charge in [0.25, 0.3) is 6.71 Å². The van der Waals surface area contributed by atoms with E-state index in [1.54, 1.807) is 0 Å². The van der Waals surface area contributed by atoms with Gasteiger partial charge in [0.1, 0.15) is 22.3 Å². The first kappa shape index (κ1) is 40.7. The number of hydrogen-bond donors (Lipinski definition) is 0. The van der Waals surface area contributed by atoms with E-state index in [2.05, 4.69) is 259 Å². The maximum atomic E-state index is 6.89. The summed E-state index contributed by atoms with van der Waals surface area (Å²) >= 11 is 0. The van der Waals surface area contributed by atoms with E-state index >= 15 is 0 Å². The number of furan rings is 2. The molecule has 0 N–H and O–H groups in total. The molecule has 4 nitrogen and oxygen atoms in total. The third-order valence-electron chi connectivity index (χ3n) is 16.4. The van der Waals surface area contributed by atoms with Gasteiger partial charge in [-0.2, -0.15) is 0 Å². The van der Waals surface area contributed by atoms with Crippen molar-refractivity contribution in [2.24, 2.45) is 0 Å². The molecule has 75 heavy (non-hydrogen) atoms. The Morgan fingerprint density at radius 1 is 0.253 bits per heavy atom. The lowest BCUT2D eigenvalue weighted by Crippen LogP contribution is -2.61. The molecule has 2 aliphatic rings. The monoisotopic (exact) mass is 952 g/mol. The topological polar surface area (TPSA) is 32.8 Å². The zero-order valence-corrected chi connectivity index (χ0v) is 40.5. The van der Waals surface area contributed by atoms with Gasteiger partial charge in [0.15, 0.2) is 0 Å². The van der Waals surface area contributed by atoms with Gasteiger partial charge >= 0.3 is 0 Å². The molecule has 4 heterocycles. The molecule has 0 spiro atoms. The second-order valence-electron chi connectivity index (χ2n) is 20.2. The summed E-state index contributed by atoms with van der Waals surface area (Å²) in [7, 11) is 0. The number of benzene rings is 13. The van der Waals surface area contributed by atoms with Gasteiger partial charge in [-0.1, -0.05) is 212 Å². The molecule has 0 atom stereocenters. The molecule has 0 saturated heterocycles. The number of fused-ring (bicyclic) bond motifs is 16. The predicted molar refractivity (Wildman–Crippen MR) is 316 cm³/mol. The van der Waals surface area contributed by atoms with Gasteiger partial charge in [0, 0.05) is 78.3 Å². The van der Waals surface area contributed by atoms with Gasteiger partial charge in [0.05, 0.1) is 11.4 Å². The standard InChI is InChI=1S/C70H41BN2O2/c1-3-20-42(21-4-1)66-50-30-11-7-24-44(50)46-26-9-13-32-52(46)69(66)72-58-34-19-35-59-68(58)71(56-38-54-48-28-15-17-36-62(48)74-64(54)40-60(56)72)57-39-55-49-29-16-18-37-63(49)75-65(55)41-61(57)73(59)70-53-33-14-10-27-47(53)45-25-8-12-31-51(45)67(70)43-22-5-2-6-23-43/h1-41H. The summed E-state index contributed by atoms with van der Waals surface area (Å²) in [5, 5.41) is 14.0. The van der Waals surface area contributed by atoms with Gasteiger partial charge in [-0.25, -0.2) is 0 Å². The van der Waals surface area contributed by atoms with Gasteiger partial charge < -0.3 is 18.6 Å². The lowest BCUT2D eigenvalue weighted by Gasteiger charge is -2.45. The number of anilines is 6. The van der Waals surface area contributed by atoms with Crippen LogP contribution in [0.5, 0.6) is 0 Å². The fourth-order valence-electron chi connectivity index (χ4n) is 13.4. The van der Waals surface area contributed by atoms with Crippen LogP contribution in [0.4, 0.5) is 34.1 Å². The first-order valence-corrected chi connectivity index (χ1v) is 25.9. The highest BCUT2D eigenvalue weighted by atomic mass is 16.3. The van der Waals surface area contributed by atoms with Crippen LogP contribution >= 0.6 is 0 Å². The van der Waals surface area contributed by atoms with E-state index in [-0.39, 0.29) is 6.71 Å². The van der Waals surface area contributed by atoms with Gasteiger partial charge in [-0.3, -0.25) is 0 Å². The lowest BCUT2D eigenvalue weighted by molar-refractivity contribution is 0.668. The van der Waals surface area contributed by atoms with Crippen molar-refractivity contribution >= 4 is 144 Å². The van der Waals surface area contributed by atoms with E-state index in [0.29, 0.717) is 0 Å². The zero-order valence-electron chi connectivity index (χ0n) is 40.5. The molecule has 0 bridgehead atoms. The summed E-state index contributed by atoms with van der Waals surface area (Å²) in [6.45, 7) is -0.191. The Morgan fingerprint density at radius 2 is 0.600 bits per heavy atom. The van der Waals surface area contributed by atoms with E-state index in [9.17, 15) is 0 Å². The Hall–Kier alpha value is -9.84. The smallest absolute Gasteiger partial charge is 0.252 e. The van der Waals surface area contributed by atoms with Crippen LogP contribution in [-0.4, -0.2) is 6.71 Å². The molecular weight excluding hydrogens is 912 g/mol. The molecule has 2 aromatic heterocycles. The van der Waals surface area contributed by atoms with Gasteiger partial charge in [0.2, 0.25) is 0 Å². The predicted octanol–water partition coefficient (Wildman–Crippen LogP) is 17.5. The molecule has 2 aliphatic heterocycles. The first-order valence-electron chi connectivity index (χ1n) is 25.9. The van der Waals surface area contributed by atoms with Crippen molar-refractivity contribution in [1.82, 2.24) is 0 Å². The maximum absolute atomic E-state index is 6.89. The molecule has 0 amide bonds. The van der Waals surface area contributed by atoms with Crippen molar-refractivity contribution in [1.29, 1.82) is 0 Å². The summed E-state index contributed by atoms with van der Waals surface area (Å²) in [4.78, 5) is 5.19. The Kier molecular flexibility index (Phi) is 8.33. The van der Waals surface area contributed by atoms with Crippen molar-refractivity contribution < 1.29 is 8.83 Å². The molecule has 17 rings (SSSR count). The summed E-state index contributed by atoms with van der Waals surface area (Å²) in [5.41, 5.74) is 18.5. The molecule has 0 unspecified atom stereocenters. The average molecular weight is 953 g/mol. The SMILES string of the molecule is c1ccc(-c2c(N3c4cc5oc6ccccc6c5cc4B4c5cc6c(cc5N(c5c(-c7ccccc7)c7ccccc7c7ccccc57)c5cccc3c54)oc3ccccc36)c3ccccc3c3ccccc23)cc1. The van der Waals surface area contributed by atoms with Crippen LogP contribution in [0.3, 0.4) is 0 Å². The molecule has 0 fully saturated rings. The Bertz CT molecular complexity index is 4620. The van der Waals surface area contributed by atoms with E-state index in [1.165, 1.54) is 70.6 Å². The largest absolute Gasteiger partial charge is 0.456 e. The van der Waals surface area contributed by atoms with Crippen molar-refractivity contribution in [3.63, 3.8) is 0 Å². The van der Waals surface area contributed by atoms with Crippen molar-refractivity contribution in [2.75, 3.05) is 9.80 Å². The molecule has 0 saturated carbocycles. The molecule has 5 heteroatoms. The zero-order chi connectivity index (χ0) is 48.9. The minimum absolute atomic E-state index is 0.191. The van der Waals surface area contributed by atoms with Crippen LogP contribution < -0.4 is 26.2 Å². The highest BCUT2D eigenvalue weighted by Gasteiger charge is 2.46. The number of nitrogens with zero attached hydrogens (tertiary/aromatic N) is 2. The molecule has 346 valence electrons. The third kappa shape index (κ3) is 5.61. The fourth-order valence-corrected chi connectivity index (χ4v) is 13.4. The Morgan fingerprint density at radius 3 is 1.03 bits per heavy atom. The third-order valence-corrected chi connectivity index (χ3v) is 16.4. The normalized spacial score (nSPS) is 13.0. The highest BCUT2D eigenvalue weighted by Crippen LogP contribution is 2.55. The minimum atomic E-state index is -0.191. The van der Waals surface area contributed by atoms with Gasteiger partial charge in [-0.15, -0.1) is 0 Å². The first-order chi connectivity index (χ1) is 37.2. The summed E-state index contributed by atoms with van der Waals surface area (Å²) in [5.74, 6) is 0. The second-order valence-corrected chi connectivity index (χ2v) is 20.2. The fraction of sp³-hybridized carbons (Fsp3) is 0. The Labute approximate surface area is 431 Å². The highest BCUT2D eigenvalue weighted by molar-refractivity contribution is 7.00. The van der Waals surface area contributed by atoms with E-state index in [1.807, 2.05) is 0 Å². The van der Waals surface area contributed by atoms with Gasteiger partial charge in [-0.05, 0) is 84.1 Å². The quantitative estimate of drug-likeness (QED) is 0.130. The van der Waals surface area contributed by atoms with E-state index in [0.717, 1.165) is 89.1 Å². The Balaban J connectivity index is 1.08. The van der Waals surface area contributed by atoms with Crippen LogP contribution in [0.25, 0.3) is 109 Å². The summed E-state index contributed by atoms with van der Waals surface area (Å²) in [6.07, 6.45) is 0. The summed E-state index contributed by atoms with van der Waals surface area (Å²) < 4.78 is 13.8. The number of hydrogen-bond acceptors (Lipinski definition) is 4. The van der Waals surface area contributed by atoms with E-state index < -0.39 is 0 Å². The molecule has 15 aromatic rings. The molecule has 0 aliphatic carbocycles. The van der Waals surface area contributed by atoms with Crippen molar-refractivity contribution in [3.8, 4) is 22.3 Å². The number of rotatable bonds is 4. The van der Waals surface area contributed by atoms with Crippen LogP contribution in [0, 0.1) is 0 Å². The second kappa shape index (κ2) is 15.3. The lowest BCUT2D eigenvalue weighted by atomic mass is 9.33. The van der Waals surface area contributed by atoms with Crippen molar-refractivity contribution in [3.05, 3.63) is 249 Å². The summed E-state index contributed by atoms with van der Waals surface area (Å²) in [6, 6.07) is 91.4. The van der Waals surface area contributed by atoms with Crippen molar-refractivity contribution in [2.45, 2.75) is 0 Å². The maximum Gasteiger partial charge on any atom is 0.252 e.